The Morgan fingerprint density at radius 1 is 1.22 bits per heavy atom. The molecule has 0 fully saturated rings. The van der Waals surface area contributed by atoms with Gasteiger partial charge in [-0.25, -0.2) is 4.39 Å². The summed E-state index contributed by atoms with van der Waals surface area (Å²) in [7, 11) is 1.62. The average molecular weight is 246 g/mol. The number of anilines is 3. The highest BCUT2D eigenvalue weighted by Gasteiger charge is 2.06. The van der Waals surface area contributed by atoms with Crippen LogP contribution < -0.4 is 15.8 Å². The van der Waals surface area contributed by atoms with Crippen LogP contribution in [-0.4, -0.2) is 7.11 Å². The predicted octanol–water partition coefficient (Wildman–Crippen LogP) is 3.47. The lowest BCUT2D eigenvalue weighted by molar-refractivity contribution is 0.412. The van der Waals surface area contributed by atoms with E-state index in [1.165, 1.54) is 6.07 Å². The highest BCUT2D eigenvalue weighted by Crippen LogP contribution is 2.27. The molecule has 0 amide bonds. The molecule has 0 spiro atoms. The number of hydrogen-bond acceptors (Lipinski definition) is 3. The first-order valence-electron chi connectivity index (χ1n) is 5.57. The summed E-state index contributed by atoms with van der Waals surface area (Å²) in [4.78, 5) is 0. The van der Waals surface area contributed by atoms with E-state index in [4.69, 9.17) is 10.5 Å². The number of ether oxygens (including phenoxy) is 1. The maximum absolute atomic E-state index is 13.7. The smallest absolute Gasteiger partial charge is 0.169 e. The topological polar surface area (TPSA) is 47.3 Å². The molecule has 0 aliphatic carbocycles. The van der Waals surface area contributed by atoms with E-state index in [-0.39, 0.29) is 5.69 Å². The maximum atomic E-state index is 13.7. The summed E-state index contributed by atoms with van der Waals surface area (Å²) < 4.78 is 18.9. The van der Waals surface area contributed by atoms with Gasteiger partial charge in [0.15, 0.2) is 5.82 Å². The van der Waals surface area contributed by atoms with Crippen molar-refractivity contribution in [2.45, 2.75) is 6.92 Å². The summed E-state index contributed by atoms with van der Waals surface area (Å²) in [5.41, 5.74) is 7.77. The fourth-order valence-corrected chi connectivity index (χ4v) is 1.76. The van der Waals surface area contributed by atoms with E-state index in [2.05, 4.69) is 5.32 Å². The molecule has 0 aliphatic rings. The first kappa shape index (κ1) is 12.2. The molecular formula is C14H15FN2O. The monoisotopic (exact) mass is 246 g/mol. The number of benzene rings is 2. The molecule has 4 heteroatoms. The molecule has 2 aromatic rings. The Bertz CT molecular complexity index is 570. The van der Waals surface area contributed by atoms with Crippen molar-refractivity contribution < 1.29 is 9.13 Å². The van der Waals surface area contributed by atoms with Crippen molar-refractivity contribution in [2.24, 2.45) is 0 Å². The number of hydrogen-bond donors (Lipinski definition) is 2. The minimum Gasteiger partial charge on any atom is -0.496 e. The van der Waals surface area contributed by atoms with E-state index in [1.54, 1.807) is 19.2 Å². The van der Waals surface area contributed by atoms with Crippen LogP contribution in [0.15, 0.2) is 36.4 Å². The first-order chi connectivity index (χ1) is 8.61. The van der Waals surface area contributed by atoms with E-state index in [0.29, 0.717) is 5.69 Å². The van der Waals surface area contributed by atoms with Crippen LogP contribution in [-0.2, 0) is 0 Å². The molecule has 0 saturated heterocycles. The lowest BCUT2D eigenvalue weighted by Crippen LogP contribution is -1.98. The van der Waals surface area contributed by atoms with Crippen molar-refractivity contribution in [1.29, 1.82) is 0 Å². The Kier molecular flexibility index (Phi) is 3.37. The normalized spacial score (nSPS) is 10.2. The van der Waals surface area contributed by atoms with Gasteiger partial charge in [-0.05, 0) is 42.8 Å². The molecule has 94 valence electrons. The molecule has 18 heavy (non-hydrogen) atoms. The molecule has 0 saturated carbocycles. The van der Waals surface area contributed by atoms with Crippen molar-refractivity contribution in [3.8, 4) is 5.75 Å². The number of aryl methyl sites for hydroxylation is 1. The van der Waals surface area contributed by atoms with E-state index < -0.39 is 5.82 Å². The minimum atomic E-state index is -0.439. The third kappa shape index (κ3) is 2.37. The van der Waals surface area contributed by atoms with Gasteiger partial charge in [0.1, 0.15) is 5.75 Å². The SMILES string of the molecule is COc1ccc(Nc2cccc(N)c2F)cc1C. The van der Waals surface area contributed by atoms with Gasteiger partial charge in [-0.1, -0.05) is 6.07 Å². The van der Waals surface area contributed by atoms with Crippen molar-refractivity contribution in [3.05, 3.63) is 47.8 Å². The second-order valence-electron chi connectivity index (χ2n) is 4.02. The molecule has 0 heterocycles. The van der Waals surface area contributed by atoms with E-state index in [9.17, 15) is 4.39 Å². The third-order valence-electron chi connectivity index (χ3n) is 2.70. The van der Waals surface area contributed by atoms with Gasteiger partial charge < -0.3 is 15.8 Å². The van der Waals surface area contributed by atoms with Gasteiger partial charge in [-0.3, -0.25) is 0 Å². The largest absolute Gasteiger partial charge is 0.496 e. The fourth-order valence-electron chi connectivity index (χ4n) is 1.76. The molecule has 3 nitrogen and oxygen atoms in total. The molecule has 2 aromatic carbocycles. The zero-order chi connectivity index (χ0) is 13.1. The van der Waals surface area contributed by atoms with Gasteiger partial charge in [0.05, 0.1) is 18.5 Å². The van der Waals surface area contributed by atoms with Gasteiger partial charge >= 0.3 is 0 Å². The second kappa shape index (κ2) is 4.96. The van der Waals surface area contributed by atoms with Crippen LogP contribution in [0.5, 0.6) is 5.75 Å². The number of halogens is 1. The number of methoxy groups -OCH3 is 1. The zero-order valence-electron chi connectivity index (χ0n) is 10.3. The highest BCUT2D eigenvalue weighted by atomic mass is 19.1. The molecular weight excluding hydrogens is 231 g/mol. The summed E-state index contributed by atoms with van der Waals surface area (Å²) >= 11 is 0. The van der Waals surface area contributed by atoms with Crippen molar-refractivity contribution in [1.82, 2.24) is 0 Å². The number of rotatable bonds is 3. The Morgan fingerprint density at radius 3 is 2.67 bits per heavy atom. The van der Waals surface area contributed by atoms with Gasteiger partial charge in [-0.2, -0.15) is 0 Å². The Labute approximate surface area is 105 Å². The van der Waals surface area contributed by atoms with E-state index >= 15 is 0 Å². The second-order valence-corrected chi connectivity index (χ2v) is 4.02. The molecule has 3 N–H and O–H groups in total. The van der Waals surface area contributed by atoms with Gasteiger partial charge in [0, 0.05) is 5.69 Å². The summed E-state index contributed by atoms with van der Waals surface area (Å²) in [5.74, 6) is 0.361. The van der Waals surface area contributed by atoms with E-state index in [1.807, 2.05) is 25.1 Å². The van der Waals surface area contributed by atoms with Gasteiger partial charge in [-0.15, -0.1) is 0 Å². The fraction of sp³-hybridized carbons (Fsp3) is 0.143. The van der Waals surface area contributed by atoms with Crippen LogP contribution in [0.1, 0.15) is 5.56 Å². The lowest BCUT2D eigenvalue weighted by atomic mass is 10.2. The summed E-state index contributed by atoms with van der Waals surface area (Å²) in [6, 6.07) is 10.4. The summed E-state index contributed by atoms with van der Waals surface area (Å²) in [6.07, 6.45) is 0. The predicted molar refractivity (Wildman–Crippen MR) is 71.8 cm³/mol. The van der Waals surface area contributed by atoms with Crippen molar-refractivity contribution in [3.63, 3.8) is 0 Å². The third-order valence-corrected chi connectivity index (χ3v) is 2.70. The standard InChI is InChI=1S/C14H15FN2O/c1-9-8-10(6-7-13(9)18-2)17-12-5-3-4-11(16)14(12)15/h3-8,17H,16H2,1-2H3. The first-order valence-corrected chi connectivity index (χ1v) is 5.57. The molecule has 0 unspecified atom stereocenters. The van der Waals surface area contributed by atoms with Crippen LogP contribution in [0.3, 0.4) is 0 Å². The zero-order valence-corrected chi connectivity index (χ0v) is 10.3. The van der Waals surface area contributed by atoms with Crippen LogP contribution in [0.4, 0.5) is 21.5 Å². The van der Waals surface area contributed by atoms with E-state index in [0.717, 1.165) is 17.0 Å². The number of nitrogen functional groups attached to an aromatic ring is 1. The summed E-state index contributed by atoms with van der Waals surface area (Å²) in [6.45, 7) is 1.93. The molecule has 0 radical (unpaired) electrons. The molecule has 0 bridgehead atoms. The minimum absolute atomic E-state index is 0.130. The van der Waals surface area contributed by atoms with Gasteiger partial charge in [0.25, 0.3) is 0 Å². The number of nitrogens with two attached hydrogens (primary N) is 1. The molecule has 0 atom stereocenters. The maximum Gasteiger partial charge on any atom is 0.169 e. The average Bonchev–Trinajstić information content (AvgIpc) is 2.35. The Balaban J connectivity index is 2.29. The van der Waals surface area contributed by atoms with Crippen LogP contribution in [0.2, 0.25) is 0 Å². The highest BCUT2D eigenvalue weighted by molar-refractivity contribution is 5.66. The molecule has 0 aliphatic heterocycles. The van der Waals surface area contributed by atoms with Crippen LogP contribution in [0.25, 0.3) is 0 Å². The number of nitrogens with one attached hydrogen (secondary N) is 1. The van der Waals surface area contributed by atoms with Gasteiger partial charge in [0.2, 0.25) is 0 Å². The summed E-state index contributed by atoms with van der Waals surface area (Å²) in [5, 5.41) is 2.99. The van der Waals surface area contributed by atoms with Crippen LogP contribution in [0, 0.1) is 12.7 Å². The van der Waals surface area contributed by atoms with Crippen LogP contribution >= 0.6 is 0 Å². The quantitative estimate of drug-likeness (QED) is 0.815. The lowest BCUT2D eigenvalue weighted by Gasteiger charge is -2.11. The molecule has 0 aromatic heterocycles. The van der Waals surface area contributed by atoms with Crippen molar-refractivity contribution >= 4 is 17.1 Å². The van der Waals surface area contributed by atoms with Crippen molar-refractivity contribution in [2.75, 3.05) is 18.2 Å². The Hall–Kier alpha value is -2.23. The Morgan fingerprint density at radius 2 is 2.00 bits per heavy atom. The molecule has 2 rings (SSSR count).